The van der Waals surface area contributed by atoms with E-state index in [-0.39, 0.29) is 23.6 Å². The first-order valence-electron chi connectivity index (χ1n) is 7.36. The summed E-state index contributed by atoms with van der Waals surface area (Å²) in [5.41, 5.74) is 5.06. The summed E-state index contributed by atoms with van der Waals surface area (Å²) in [6.07, 6.45) is 3.15. The molecule has 2 N–H and O–H groups in total. The highest BCUT2D eigenvalue weighted by Gasteiger charge is 2.34. The molecule has 0 aromatic carbocycles. The molecule has 1 rings (SSSR count). The molecule has 0 aromatic heterocycles. The molecule has 0 aromatic rings. The van der Waals surface area contributed by atoms with Crippen molar-refractivity contribution in [3.63, 3.8) is 0 Å². The van der Waals surface area contributed by atoms with Gasteiger partial charge in [-0.25, -0.2) is 5.43 Å². The number of carbonyl (C=O) groups excluding carboxylic acids is 3. The number of unbranched alkanes of at least 4 members (excludes halogenated alkanes) is 2. The van der Waals surface area contributed by atoms with Crippen LogP contribution in [-0.2, 0) is 14.4 Å². The highest BCUT2D eigenvalue weighted by atomic mass is 16.2. The molecule has 3 amide bonds. The summed E-state index contributed by atoms with van der Waals surface area (Å²) in [5, 5.41) is 0. The monoisotopic (exact) mass is 285 g/mol. The molecule has 116 valence electrons. The van der Waals surface area contributed by atoms with Gasteiger partial charge in [0.05, 0.1) is 0 Å². The van der Waals surface area contributed by atoms with Gasteiger partial charge in [0.2, 0.25) is 17.7 Å². The van der Waals surface area contributed by atoms with E-state index in [1.165, 1.54) is 4.90 Å². The molecule has 1 aliphatic rings. The van der Waals surface area contributed by atoms with Crippen LogP contribution in [0.5, 0.6) is 0 Å². The summed E-state index contributed by atoms with van der Waals surface area (Å²) in [5.74, 6) is -0.341. The first-order chi connectivity index (χ1) is 9.56. The van der Waals surface area contributed by atoms with Crippen LogP contribution in [0.4, 0.5) is 0 Å². The van der Waals surface area contributed by atoms with Crippen LogP contribution < -0.4 is 10.9 Å². The van der Waals surface area contributed by atoms with E-state index in [1.54, 1.807) is 14.0 Å². The zero-order chi connectivity index (χ0) is 15.5. The minimum atomic E-state index is -0.168. The third-order valence-electron chi connectivity index (χ3n) is 3.02. The largest absolute Gasteiger partial charge is 0.292 e. The third-order valence-corrected chi connectivity index (χ3v) is 3.02. The number of hydrazine groups is 1. The van der Waals surface area contributed by atoms with Crippen molar-refractivity contribution in [2.75, 3.05) is 13.6 Å². The zero-order valence-corrected chi connectivity index (χ0v) is 13.0. The van der Waals surface area contributed by atoms with Crippen molar-refractivity contribution in [2.45, 2.75) is 52.9 Å². The van der Waals surface area contributed by atoms with Crippen LogP contribution in [0.2, 0.25) is 0 Å². The predicted molar refractivity (Wildman–Crippen MR) is 77.5 cm³/mol. The van der Waals surface area contributed by atoms with Gasteiger partial charge in [-0.15, -0.1) is 0 Å². The number of amides is 3. The van der Waals surface area contributed by atoms with Gasteiger partial charge in [0.15, 0.2) is 0 Å². The first-order valence-corrected chi connectivity index (χ1v) is 7.36. The number of hydrogen-bond donors (Lipinski definition) is 2. The summed E-state index contributed by atoms with van der Waals surface area (Å²) in [7, 11) is 1.64. The molecule has 1 heterocycles. The van der Waals surface area contributed by atoms with E-state index < -0.39 is 0 Å². The number of likely N-dealkylation sites (tertiary alicyclic amines) is 1. The van der Waals surface area contributed by atoms with Crippen LogP contribution in [0.15, 0.2) is 0 Å². The van der Waals surface area contributed by atoms with Crippen molar-refractivity contribution >= 4 is 17.7 Å². The molecule has 20 heavy (non-hydrogen) atoms. The van der Waals surface area contributed by atoms with Gasteiger partial charge in [0, 0.05) is 32.4 Å². The van der Waals surface area contributed by atoms with E-state index in [9.17, 15) is 14.4 Å². The number of carbonyl (C=O) groups is 3. The number of rotatable bonds is 7. The second-order valence-corrected chi connectivity index (χ2v) is 4.60. The number of nitrogens with zero attached hydrogens (tertiary/aromatic N) is 1. The van der Waals surface area contributed by atoms with Crippen LogP contribution >= 0.6 is 0 Å². The Labute approximate surface area is 121 Å². The molecule has 0 spiro atoms. The Hall–Kier alpha value is -1.43. The number of nitrogens with one attached hydrogen (secondary N) is 2. The average Bonchev–Trinajstić information content (AvgIpc) is 2.67. The maximum atomic E-state index is 11.6. The van der Waals surface area contributed by atoms with Gasteiger partial charge in [-0.3, -0.25) is 24.7 Å². The van der Waals surface area contributed by atoms with Crippen molar-refractivity contribution in [3.8, 4) is 0 Å². The highest BCUT2D eigenvalue weighted by Crippen LogP contribution is 2.19. The molecule has 0 bridgehead atoms. The Balaban J connectivity index is 0.00000172. The summed E-state index contributed by atoms with van der Waals surface area (Å²) < 4.78 is 0. The number of imide groups is 1. The van der Waals surface area contributed by atoms with Crippen LogP contribution in [0.1, 0.15) is 52.9 Å². The molecule has 1 fully saturated rings. The molecular formula is C14H27N3O3. The van der Waals surface area contributed by atoms with Crippen LogP contribution in [0, 0.1) is 5.92 Å². The second-order valence-electron chi connectivity index (χ2n) is 4.60. The van der Waals surface area contributed by atoms with E-state index in [2.05, 4.69) is 10.9 Å². The average molecular weight is 285 g/mol. The Kier molecular flexibility index (Phi) is 9.63. The minimum absolute atomic E-state index is 0.0422. The maximum Gasteiger partial charge on any atom is 0.234 e. The standard InChI is InChI=1S/C12H21N3O3.C2H6/c1-9-8-11(17)15(12(9)18)7-5-3-4-6-10(16)14-13-2;1-2/h9,13H,3-8H2,1-2H3,(H,14,16);1-2H3. The lowest BCUT2D eigenvalue weighted by molar-refractivity contribution is -0.139. The lowest BCUT2D eigenvalue weighted by Crippen LogP contribution is -2.34. The van der Waals surface area contributed by atoms with Crippen molar-refractivity contribution in [1.82, 2.24) is 15.8 Å². The van der Waals surface area contributed by atoms with E-state index in [4.69, 9.17) is 0 Å². The fourth-order valence-electron chi connectivity index (χ4n) is 2.02. The minimum Gasteiger partial charge on any atom is -0.292 e. The fourth-order valence-corrected chi connectivity index (χ4v) is 2.02. The van der Waals surface area contributed by atoms with Gasteiger partial charge in [0.25, 0.3) is 0 Å². The third kappa shape index (κ3) is 6.14. The van der Waals surface area contributed by atoms with Gasteiger partial charge in [0.1, 0.15) is 0 Å². The normalized spacial score (nSPS) is 17.8. The summed E-state index contributed by atoms with van der Waals surface area (Å²) >= 11 is 0. The van der Waals surface area contributed by atoms with E-state index in [1.807, 2.05) is 13.8 Å². The van der Waals surface area contributed by atoms with Crippen molar-refractivity contribution in [3.05, 3.63) is 0 Å². The molecule has 1 unspecified atom stereocenters. The van der Waals surface area contributed by atoms with Crippen LogP contribution in [0.3, 0.4) is 0 Å². The van der Waals surface area contributed by atoms with Crippen molar-refractivity contribution < 1.29 is 14.4 Å². The smallest absolute Gasteiger partial charge is 0.234 e. The predicted octanol–water partition coefficient (Wildman–Crippen LogP) is 1.22. The van der Waals surface area contributed by atoms with Gasteiger partial charge >= 0.3 is 0 Å². The highest BCUT2D eigenvalue weighted by molar-refractivity contribution is 6.03. The number of hydrogen-bond acceptors (Lipinski definition) is 4. The Bertz CT molecular complexity index is 332. The SMILES string of the molecule is CC.CNNC(=O)CCCCCN1C(=O)CC(C)C1=O. The molecule has 0 saturated carbocycles. The van der Waals surface area contributed by atoms with Gasteiger partial charge < -0.3 is 0 Å². The topological polar surface area (TPSA) is 78.5 Å². The van der Waals surface area contributed by atoms with Crippen molar-refractivity contribution in [2.24, 2.45) is 5.92 Å². The fraction of sp³-hybridized carbons (Fsp3) is 0.786. The molecule has 6 heteroatoms. The zero-order valence-electron chi connectivity index (χ0n) is 13.0. The Morgan fingerprint density at radius 1 is 1.25 bits per heavy atom. The first kappa shape index (κ1) is 18.6. The summed E-state index contributed by atoms with van der Waals surface area (Å²) in [4.78, 5) is 35.6. The molecule has 6 nitrogen and oxygen atoms in total. The Morgan fingerprint density at radius 3 is 2.40 bits per heavy atom. The van der Waals surface area contributed by atoms with E-state index >= 15 is 0 Å². The lowest BCUT2D eigenvalue weighted by atomic mass is 10.1. The quantitative estimate of drug-likeness (QED) is 0.419. The lowest BCUT2D eigenvalue weighted by Gasteiger charge is -2.13. The Morgan fingerprint density at radius 2 is 1.90 bits per heavy atom. The summed E-state index contributed by atoms with van der Waals surface area (Å²) in [6.45, 7) is 6.26. The van der Waals surface area contributed by atoms with Gasteiger partial charge in [-0.2, -0.15) is 0 Å². The van der Waals surface area contributed by atoms with Crippen molar-refractivity contribution in [1.29, 1.82) is 0 Å². The molecule has 0 aliphatic carbocycles. The van der Waals surface area contributed by atoms with E-state index in [0.29, 0.717) is 19.4 Å². The van der Waals surface area contributed by atoms with E-state index in [0.717, 1.165) is 19.3 Å². The molecule has 1 aliphatic heterocycles. The molecule has 1 saturated heterocycles. The molecular weight excluding hydrogens is 258 g/mol. The molecule has 1 atom stereocenters. The molecule has 0 radical (unpaired) electrons. The van der Waals surface area contributed by atoms with Gasteiger partial charge in [-0.1, -0.05) is 27.2 Å². The van der Waals surface area contributed by atoms with Crippen LogP contribution in [0.25, 0.3) is 0 Å². The second kappa shape index (κ2) is 10.4. The van der Waals surface area contributed by atoms with Gasteiger partial charge in [-0.05, 0) is 12.8 Å². The van der Waals surface area contributed by atoms with Crippen LogP contribution in [-0.4, -0.2) is 36.2 Å². The maximum absolute atomic E-state index is 11.6. The summed E-state index contributed by atoms with van der Waals surface area (Å²) in [6, 6.07) is 0.